The summed E-state index contributed by atoms with van der Waals surface area (Å²) in [6.07, 6.45) is 4.38. The van der Waals surface area contributed by atoms with E-state index >= 15 is 0 Å². The smallest absolute Gasteiger partial charge is 0.317 e. The first-order chi connectivity index (χ1) is 13.5. The van der Waals surface area contributed by atoms with Crippen LogP contribution in [0, 0.1) is 5.92 Å². The van der Waals surface area contributed by atoms with Gasteiger partial charge in [-0.2, -0.15) is 0 Å². The summed E-state index contributed by atoms with van der Waals surface area (Å²) in [6.45, 7) is 1.06. The first-order valence-electron chi connectivity index (χ1n) is 9.09. The molecule has 1 unspecified atom stereocenters. The fourth-order valence-electron chi connectivity index (χ4n) is 3.12. The summed E-state index contributed by atoms with van der Waals surface area (Å²) < 4.78 is 0. The van der Waals surface area contributed by atoms with Crippen molar-refractivity contribution >= 4 is 23.6 Å². The Morgan fingerprint density at radius 3 is 2.71 bits per heavy atom. The Morgan fingerprint density at radius 2 is 1.96 bits per heavy atom. The van der Waals surface area contributed by atoms with Gasteiger partial charge in [-0.25, -0.2) is 4.79 Å². The fourth-order valence-corrected chi connectivity index (χ4v) is 3.12. The second kappa shape index (κ2) is 8.98. The number of hydrogen-bond donors (Lipinski definition) is 3. The molecule has 1 aliphatic rings. The molecule has 8 heteroatoms. The van der Waals surface area contributed by atoms with Gasteiger partial charge in [0.25, 0.3) is 5.91 Å². The van der Waals surface area contributed by atoms with E-state index in [1.807, 2.05) is 6.07 Å². The van der Waals surface area contributed by atoms with Crippen molar-refractivity contribution < 1.29 is 19.5 Å². The standard InChI is InChI=1S/C20H22N4O4/c25-18(15-6-8-21-9-7-15)23-17-5-1-3-14(11-17)12-22-20(28)24-10-2-4-16(13-24)19(26)27/h1,3,5-9,11,16H,2,4,10,12-13H2,(H,22,28)(H,23,25)(H,26,27). The number of carboxylic acids is 1. The zero-order valence-electron chi connectivity index (χ0n) is 15.3. The van der Waals surface area contributed by atoms with E-state index in [0.29, 0.717) is 30.6 Å². The zero-order valence-corrected chi connectivity index (χ0v) is 15.3. The summed E-state index contributed by atoms with van der Waals surface area (Å²) in [5.74, 6) is -1.61. The first-order valence-corrected chi connectivity index (χ1v) is 9.09. The summed E-state index contributed by atoms with van der Waals surface area (Å²) in [6, 6.07) is 10.2. The van der Waals surface area contributed by atoms with E-state index in [4.69, 9.17) is 5.11 Å². The van der Waals surface area contributed by atoms with Gasteiger partial charge in [0.2, 0.25) is 0 Å². The summed E-state index contributed by atoms with van der Waals surface area (Å²) >= 11 is 0. The van der Waals surface area contributed by atoms with Gasteiger partial charge in [0.15, 0.2) is 0 Å². The SMILES string of the molecule is O=C(Nc1cccc(CNC(=O)N2CCCC(C(=O)O)C2)c1)c1ccncc1. The van der Waals surface area contributed by atoms with E-state index in [9.17, 15) is 14.4 Å². The lowest BCUT2D eigenvalue weighted by Gasteiger charge is -2.30. The molecule has 1 atom stereocenters. The van der Waals surface area contributed by atoms with E-state index < -0.39 is 11.9 Å². The number of nitrogens with one attached hydrogen (secondary N) is 2. The monoisotopic (exact) mass is 382 g/mol. The maximum absolute atomic E-state index is 12.3. The Bertz CT molecular complexity index is 856. The fraction of sp³-hybridized carbons (Fsp3) is 0.300. The minimum Gasteiger partial charge on any atom is -0.481 e. The van der Waals surface area contributed by atoms with Gasteiger partial charge in [0.1, 0.15) is 0 Å². The Morgan fingerprint density at radius 1 is 1.18 bits per heavy atom. The molecule has 3 N–H and O–H groups in total. The number of aliphatic carboxylic acids is 1. The number of rotatable bonds is 5. The molecule has 2 heterocycles. The number of carboxylic acid groups (broad SMARTS) is 1. The molecule has 1 aromatic carbocycles. The number of carbonyl (C=O) groups excluding carboxylic acids is 2. The number of urea groups is 1. The van der Waals surface area contributed by atoms with Crippen LogP contribution in [0.2, 0.25) is 0 Å². The number of hydrogen-bond acceptors (Lipinski definition) is 4. The zero-order chi connectivity index (χ0) is 19.9. The second-order valence-electron chi connectivity index (χ2n) is 6.67. The van der Waals surface area contributed by atoms with Crippen molar-refractivity contribution in [2.24, 2.45) is 5.92 Å². The summed E-state index contributed by atoms with van der Waals surface area (Å²) in [5.41, 5.74) is 1.96. The Labute approximate surface area is 162 Å². The molecular formula is C20H22N4O4. The molecule has 1 aliphatic heterocycles. The summed E-state index contributed by atoms with van der Waals surface area (Å²) in [4.78, 5) is 41.1. The lowest BCUT2D eigenvalue weighted by molar-refractivity contribution is -0.143. The van der Waals surface area contributed by atoms with Crippen molar-refractivity contribution in [3.63, 3.8) is 0 Å². The molecule has 0 bridgehead atoms. The molecule has 0 radical (unpaired) electrons. The third-order valence-electron chi connectivity index (χ3n) is 4.63. The lowest BCUT2D eigenvalue weighted by atomic mass is 9.99. The van der Waals surface area contributed by atoms with Crippen LogP contribution < -0.4 is 10.6 Å². The predicted molar refractivity (Wildman–Crippen MR) is 103 cm³/mol. The molecule has 0 spiro atoms. The van der Waals surface area contributed by atoms with Gasteiger partial charge < -0.3 is 20.6 Å². The van der Waals surface area contributed by atoms with Crippen molar-refractivity contribution in [2.75, 3.05) is 18.4 Å². The quantitative estimate of drug-likeness (QED) is 0.735. The highest BCUT2D eigenvalue weighted by atomic mass is 16.4. The van der Waals surface area contributed by atoms with Gasteiger partial charge in [-0.05, 0) is 42.7 Å². The number of anilines is 1. The van der Waals surface area contributed by atoms with Crippen LogP contribution in [0.5, 0.6) is 0 Å². The van der Waals surface area contributed by atoms with Crippen molar-refractivity contribution in [1.29, 1.82) is 0 Å². The number of nitrogens with zero attached hydrogens (tertiary/aromatic N) is 2. The lowest BCUT2D eigenvalue weighted by Crippen LogP contribution is -2.46. The Kier molecular flexibility index (Phi) is 6.21. The maximum Gasteiger partial charge on any atom is 0.317 e. The van der Waals surface area contributed by atoms with Gasteiger partial charge in [-0.3, -0.25) is 14.6 Å². The largest absolute Gasteiger partial charge is 0.481 e. The van der Waals surface area contributed by atoms with Crippen LogP contribution in [-0.4, -0.2) is 46.0 Å². The summed E-state index contributed by atoms with van der Waals surface area (Å²) in [5, 5.41) is 14.8. The normalized spacial score (nSPS) is 16.3. The number of likely N-dealkylation sites (tertiary alicyclic amines) is 1. The average molecular weight is 382 g/mol. The topological polar surface area (TPSA) is 112 Å². The van der Waals surface area contributed by atoms with E-state index in [0.717, 1.165) is 5.56 Å². The van der Waals surface area contributed by atoms with Crippen LogP contribution in [0.15, 0.2) is 48.8 Å². The van der Waals surface area contributed by atoms with E-state index in [1.165, 1.54) is 4.90 Å². The number of piperidine rings is 1. The van der Waals surface area contributed by atoms with Crippen LogP contribution in [-0.2, 0) is 11.3 Å². The highest BCUT2D eigenvalue weighted by molar-refractivity contribution is 6.04. The first kappa shape index (κ1) is 19.3. The van der Waals surface area contributed by atoms with Crippen LogP contribution in [0.4, 0.5) is 10.5 Å². The van der Waals surface area contributed by atoms with Crippen molar-refractivity contribution in [3.05, 3.63) is 59.9 Å². The number of aromatic nitrogens is 1. The molecule has 1 fully saturated rings. The molecule has 3 amide bonds. The molecule has 0 aliphatic carbocycles. The van der Waals surface area contributed by atoms with Crippen molar-refractivity contribution in [3.8, 4) is 0 Å². The molecule has 1 saturated heterocycles. The van der Waals surface area contributed by atoms with Crippen LogP contribution >= 0.6 is 0 Å². The molecule has 1 aromatic heterocycles. The molecular weight excluding hydrogens is 360 g/mol. The average Bonchev–Trinajstić information content (AvgIpc) is 2.73. The maximum atomic E-state index is 12.3. The Balaban J connectivity index is 1.55. The third kappa shape index (κ3) is 5.06. The molecule has 146 valence electrons. The third-order valence-corrected chi connectivity index (χ3v) is 4.63. The van der Waals surface area contributed by atoms with Gasteiger partial charge in [0, 0.05) is 43.3 Å². The highest BCUT2D eigenvalue weighted by Crippen LogP contribution is 2.17. The van der Waals surface area contributed by atoms with E-state index in [-0.39, 0.29) is 25.0 Å². The van der Waals surface area contributed by atoms with Crippen molar-refractivity contribution in [2.45, 2.75) is 19.4 Å². The molecule has 3 rings (SSSR count). The number of benzene rings is 1. The van der Waals surface area contributed by atoms with Crippen LogP contribution in [0.3, 0.4) is 0 Å². The van der Waals surface area contributed by atoms with Gasteiger partial charge in [-0.1, -0.05) is 12.1 Å². The molecule has 0 saturated carbocycles. The predicted octanol–water partition coefficient (Wildman–Crippen LogP) is 2.34. The second-order valence-corrected chi connectivity index (χ2v) is 6.67. The minimum absolute atomic E-state index is 0.225. The molecule has 2 aromatic rings. The number of pyridine rings is 1. The number of carbonyl (C=O) groups is 3. The van der Waals surface area contributed by atoms with Crippen LogP contribution in [0.25, 0.3) is 0 Å². The van der Waals surface area contributed by atoms with Gasteiger partial charge in [0.05, 0.1) is 5.92 Å². The Hall–Kier alpha value is -3.42. The van der Waals surface area contributed by atoms with Gasteiger partial charge in [-0.15, -0.1) is 0 Å². The van der Waals surface area contributed by atoms with Gasteiger partial charge >= 0.3 is 12.0 Å². The highest BCUT2D eigenvalue weighted by Gasteiger charge is 2.27. The summed E-state index contributed by atoms with van der Waals surface area (Å²) in [7, 11) is 0. The van der Waals surface area contributed by atoms with E-state index in [2.05, 4.69) is 15.6 Å². The van der Waals surface area contributed by atoms with E-state index in [1.54, 1.807) is 42.7 Å². The van der Waals surface area contributed by atoms with Crippen LogP contribution in [0.1, 0.15) is 28.8 Å². The minimum atomic E-state index is -0.866. The number of amides is 3. The molecule has 28 heavy (non-hydrogen) atoms. The van der Waals surface area contributed by atoms with Crippen molar-refractivity contribution in [1.82, 2.24) is 15.2 Å². The molecule has 8 nitrogen and oxygen atoms in total.